The Morgan fingerprint density at radius 1 is 1.18 bits per heavy atom. The Hall–Kier alpha value is -0.730. The second-order valence-corrected chi connectivity index (χ2v) is 2.02. The van der Waals surface area contributed by atoms with E-state index in [-0.39, 0.29) is 19.0 Å². The van der Waals surface area contributed by atoms with Gasteiger partial charge in [-0.1, -0.05) is 18.2 Å². The third-order valence-electron chi connectivity index (χ3n) is 1.21. The van der Waals surface area contributed by atoms with Crippen LogP contribution in [0.15, 0.2) is 30.3 Å². The molecule has 0 aliphatic rings. The van der Waals surface area contributed by atoms with E-state index in [9.17, 15) is 0 Å². The number of aliphatic hydroxyl groups excluding tert-OH is 1. The van der Waals surface area contributed by atoms with E-state index < -0.39 is 0 Å². The van der Waals surface area contributed by atoms with Crippen molar-refractivity contribution in [1.29, 1.82) is 0 Å². The van der Waals surface area contributed by atoms with Crippen LogP contribution in [0.1, 0.15) is 0 Å². The summed E-state index contributed by atoms with van der Waals surface area (Å²) < 4.78 is 0. The first-order valence-corrected chi connectivity index (χ1v) is 3.33. The van der Waals surface area contributed by atoms with Crippen LogP contribution in [0.5, 0.6) is 0 Å². The molecular weight excluding hydrogens is 162 g/mol. The average Bonchev–Trinajstić information content (AvgIpc) is 2.03. The number of hydrogen-bond acceptors (Lipinski definition) is 2. The van der Waals surface area contributed by atoms with Gasteiger partial charge in [0.25, 0.3) is 0 Å². The van der Waals surface area contributed by atoms with Gasteiger partial charge in [0.1, 0.15) is 0 Å². The summed E-state index contributed by atoms with van der Waals surface area (Å²) in [6, 6.07) is 9.81. The smallest absolute Gasteiger partial charge is 0.0604 e. The maximum absolute atomic E-state index is 8.47. The molecule has 0 fully saturated rings. The van der Waals surface area contributed by atoms with Crippen molar-refractivity contribution >= 4 is 18.1 Å². The molecule has 0 heterocycles. The Labute approximate surface area is 72.7 Å². The quantitative estimate of drug-likeness (QED) is 0.727. The summed E-state index contributed by atoms with van der Waals surface area (Å²) >= 11 is 0. The molecule has 0 radical (unpaired) electrons. The first-order chi connectivity index (χ1) is 4.93. The van der Waals surface area contributed by atoms with Crippen LogP contribution in [0.4, 0.5) is 5.69 Å². The standard InChI is InChI=1S/C8H11NO.ClH/c10-7-6-9-8-4-2-1-3-5-8;/h1-5,9-10H,6-7H2;1H. The zero-order valence-corrected chi connectivity index (χ0v) is 6.97. The van der Waals surface area contributed by atoms with Gasteiger partial charge in [-0.05, 0) is 12.1 Å². The first-order valence-electron chi connectivity index (χ1n) is 3.33. The van der Waals surface area contributed by atoms with Crippen LogP contribution in [0.25, 0.3) is 0 Å². The number of halogens is 1. The van der Waals surface area contributed by atoms with Crippen molar-refractivity contribution in [3.63, 3.8) is 0 Å². The Kier molecular flexibility index (Phi) is 5.61. The van der Waals surface area contributed by atoms with Gasteiger partial charge in [0.05, 0.1) is 6.61 Å². The largest absolute Gasteiger partial charge is 0.395 e. The molecule has 0 aromatic heterocycles. The van der Waals surface area contributed by atoms with Crippen molar-refractivity contribution in [2.75, 3.05) is 18.5 Å². The highest BCUT2D eigenvalue weighted by Crippen LogP contribution is 2.02. The molecule has 0 aliphatic heterocycles. The van der Waals surface area contributed by atoms with Gasteiger partial charge in [0.15, 0.2) is 0 Å². The van der Waals surface area contributed by atoms with Crippen LogP contribution >= 0.6 is 12.4 Å². The Morgan fingerprint density at radius 2 is 1.82 bits per heavy atom. The maximum atomic E-state index is 8.47. The molecule has 1 aromatic rings. The molecule has 0 spiro atoms. The Morgan fingerprint density at radius 3 is 2.36 bits per heavy atom. The Bertz CT molecular complexity index is 179. The number of nitrogens with one attached hydrogen (secondary N) is 1. The lowest BCUT2D eigenvalue weighted by Crippen LogP contribution is -2.04. The van der Waals surface area contributed by atoms with Gasteiger partial charge >= 0.3 is 0 Å². The predicted octanol–water partition coefficient (Wildman–Crippen LogP) is 1.51. The highest BCUT2D eigenvalue weighted by atomic mass is 35.5. The van der Waals surface area contributed by atoms with Crippen LogP contribution in [0, 0.1) is 0 Å². The van der Waals surface area contributed by atoms with Gasteiger partial charge in [-0.25, -0.2) is 0 Å². The Balaban J connectivity index is 0.000001000. The zero-order valence-electron chi connectivity index (χ0n) is 6.16. The second kappa shape index (κ2) is 6.01. The topological polar surface area (TPSA) is 32.3 Å². The van der Waals surface area contributed by atoms with E-state index in [0.29, 0.717) is 6.54 Å². The van der Waals surface area contributed by atoms with Crippen molar-refractivity contribution in [3.8, 4) is 0 Å². The molecule has 2 nitrogen and oxygen atoms in total. The van der Waals surface area contributed by atoms with Crippen molar-refractivity contribution < 1.29 is 5.11 Å². The monoisotopic (exact) mass is 173 g/mol. The lowest BCUT2D eigenvalue weighted by molar-refractivity contribution is 0.311. The highest BCUT2D eigenvalue weighted by Gasteiger charge is 1.84. The van der Waals surface area contributed by atoms with Gasteiger partial charge < -0.3 is 10.4 Å². The molecule has 0 saturated carbocycles. The molecule has 62 valence electrons. The van der Waals surface area contributed by atoms with Gasteiger partial charge in [-0.2, -0.15) is 0 Å². The predicted molar refractivity (Wildman–Crippen MR) is 49.3 cm³/mol. The van der Waals surface area contributed by atoms with E-state index in [0.717, 1.165) is 5.69 Å². The fourth-order valence-corrected chi connectivity index (χ4v) is 0.756. The fourth-order valence-electron chi connectivity index (χ4n) is 0.756. The summed E-state index contributed by atoms with van der Waals surface area (Å²) in [5.41, 5.74) is 1.05. The summed E-state index contributed by atoms with van der Waals surface area (Å²) in [4.78, 5) is 0. The average molecular weight is 174 g/mol. The van der Waals surface area contributed by atoms with Crippen LogP contribution in [-0.2, 0) is 0 Å². The summed E-state index contributed by atoms with van der Waals surface area (Å²) in [6.45, 7) is 0.791. The number of rotatable bonds is 3. The normalized spacial score (nSPS) is 8.45. The third-order valence-corrected chi connectivity index (χ3v) is 1.21. The maximum Gasteiger partial charge on any atom is 0.0604 e. The van der Waals surface area contributed by atoms with Crippen LogP contribution in [-0.4, -0.2) is 18.3 Å². The van der Waals surface area contributed by atoms with Crippen molar-refractivity contribution in [2.45, 2.75) is 0 Å². The van der Waals surface area contributed by atoms with E-state index in [1.54, 1.807) is 0 Å². The van der Waals surface area contributed by atoms with E-state index >= 15 is 0 Å². The van der Waals surface area contributed by atoms with Crippen LogP contribution < -0.4 is 5.32 Å². The van der Waals surface area contributed by atoms with E-state index in [2.05, 4.69) is 5.32 Å². The number of hydrogen-bond donors (Lipinski definition) is 2. The summed E-state index contributed by atoms with van der Waals surface area (Å²) in [5.74, 6) is 0. The molecule has 1 aromatic carbocycles. The molecule has 0 aliphatic carbocycles. The minimum Gasteiger partial charge on any atom is -0.395 e. The molecule has 0 saturated heterocycles. The minimum atomic E-state index is 0. The highest BCUT2D eigenvalue weighted by molar-refractivity contribution is 5.85. The summed E-state index contributed by atoms with van der Waals surface area (Å²) in [5, 5.41) is 11.5. The molecular formula is C8H12ClNO. The van der Waals surface area contributed by atoms with Gasteiger partial charge in [-0.3, -0.25) is 0 Å². The first kappa shape index (κ1) is 10.3. The zero-order chi connectivity index (χ0) is 7.23. The number of anilines is 1. The molecule has 3 heteroatoms. The van der Waals surface area contributed by atoms with Crippen molar-refractivity contribution in [2.24, 2.45) is 0 Å². The minimum absolute atomic E-state index is 0. The molecule has 11 heavy (non-hydrogen) atoms. The van der Waals surface area contributed by atoms with Crippen molar-refractivity contribution in [3.05, 3.63) is 30.3 Å². The van der Waals surface area contributed by atoms with E-state index in [4.69, 9.17) is 5.11 Å². The van der Waals surface area contributed by atoms with Gasteiger partial charge in [-0.15, -0.1) is 12.4 Å². The molecule has 1 rings (SSSR count). The van der Waals surface area contributed by atoms with Crippen LogP contribution in [0.3, 0.4) is 0 Å². The van der Waals surface area contributed by atoms with Crippen LogP contribution in [0.2, 0.25) is 0 Å². The lowest BCUT2D eigenvalue weighted by Gasteiger charge is -2.01. The molecule has 0 atom stereocenters. The molecule has 0 amide bonds. The van der Waals surface area contributed by atoms with E-state index in [1.807, 2.05) is 30.3 Å². The van der Waals surface area contributed by atoms with E-state index in [1.165, 1.54) is 0 Å². The number of benzene rings is 1. The fraction of sp³-hybridized carbons (Fsp3) is 0.250. The number of aliphatic hydroxyl groups is 1. The third kappa shape index (κ3) is 3.86. The van der Waals surface area contributed by atoms with Gasteiger partial charge in [0, 0.05) is 12.2 Å². The summed E-state index contributed by atoms with van der Waals surface area (Å²) in [7, 11) is 0. The second-order valence-electron chi connectivity index (χ2n) is 2.02. The van der Waals surface area contributed by atoms with Crippen molar-refractivity contribution in [1.82, 2.24) is 0 Å². The lowest BCUT2D eigenvalue weighted by atomic mass is 10.3. The van der Waals surface area contributed by atoms with Gasteiger partial charge in [0.2, 0.25) is 0 Å². The number of para-hydroxylation sites is 1. The molecule has 2 N–H and O–H groups in total. The SMILES string of the molecule is Cl.OCCNc1ccccc1. The summed E-state index contributed by atoms with van der Waals surface area (Å²) in [6.07, 6.45) is 0. The molecule has 0 unspecified atom stereocenters. The molecule has 0 bridgehead atoms.